The normalized spacial score (nSPS) is 18.2. The van der Waals surface area contributed by atoms with E-state index in [1.165, 1.54) is 11.3 Å². The Kier molecular flexibility index (Phi) is 6.05. The molecule has 1 aliphatic rings. The van der Waals surface area contributed by atoms with E-state index in [9.17, 15) is 13.2 Å². The number of amides is 2. The fraction of sp³-hybridized carbons (Fsp3) is 0.667. The maximum absolute atomic E-state index is 12.2. The van der Waals surface area contributed by atoms with Gasteiger partial charge in [-0.2, -0.15) is 0 Å². The minimum Gasteiger partial charge on any atom is -0.335 e. The van der Waals surface area contributed by atoms with Gasteiger partial charge in [0.2, 0.25) is 10.0 Å². The van der Waals surface area contributed by atoms with E-state index in [-0.39, 0.29) is 18.1 Å². The predicted molar refractivity (Wildman–Crippen MR) is 92.1 cm³/mol. The van der Waals surface area contributed by atoms with Crippen molar-refractivity contribution in [2.24, 2.45) is 5.92 Å². The Morgan fingerprint density at radius 2 is 1.96 bits per heavy atom. The highest BCUT2D eigenvalue weighted by Crippen LogP contribution is 2.19. The number of hydrogen-bond acceptors (Lipinski definition) is 4. The van der Waals surface area contributed by atoms with E-state index < -0.39 is 10.0 Å². The number of piperidine rings is 1. The molecule has 8 heteroatoms. The van der Waals surface area contributed by atoms with E-state index >= 15 is 0 Å². The minimum atomic E-state index is -3.44. The van der Waals surface area contributed by atoms with Crippen molar-refractivity contribution in [3.05, 3.63) is 17.5 Å². The van der Waals surface area contributed by atoms with Gasteiger partial charge in [-0.25, -0.2) is 17.9 Å². The number of nitrogens with zero attached hydrogens (tertiary/aromatic N) is 1. The molecule has 1 aromatic heterocycles. The number of carbonyl (C=O) groups is 1. The third-order valence-electron chi connectivity index (χ3n) is 4.22. The summed E-state index contributed by atoms with van der Waals surface area (Å²) >= 11 is 1.21. The third-order valence-corrected chi connectivity index (χ3v) is 7.13. The second kappa shape index (κ2) is 7.63. The molecule has 0 radical (unpaired) electrons. The first kappa shape index (κ1) is 18.2. The van der Waals surface area contributed by atoms with Gasteiger partial charge >= 0.3 is 6.03 Å². The predicted octanol–water partition coefficient (Wildman–Crippen LogP) is 2.24. The topological polar surface area (TPSA) is 78.5 Å². The molecule has 23 heavy (non-hydrogen) atoms. The van der Waals surface area contributed by atoms with Crippen molar-refractivity contribution < 1.29 is 13.2 Å². The van der Waals surface area contributed by atoms with Crippen LogP contribution < -0.4 is 10.0 Å². The van der Waals surface area contributed by atoms with Gasteiger partial charge in [-0.15, -0.1) is 11.3 Å². The van der Waals surface area contributed by atoms with Crippen LogP contribution in [0.2, 0.25) is 0 Å². The molecule has 1 fully saturated rings. The summed E-state index contributed by atoms with van der Waals surface area (Å²) in [5.41, 5.74) is 0. The molecule has 0 bridgehead atoms. The average Bonchev–Trinajstić information content (AvgIpc) is 3.02. The lowest BCUT2D eigenvalue weighted by atomic mass is 10.1. The molecule has 0 saturated carbocycles. The fourth-order valence-corrected chi connectivity index (χ4v) is 4.66. The molecule has 1 aliphatic heterocycles. The number of nitrogens with one attached hydrogen (secondary N) is 2. The summed E-state index contributed by atoms with van der Waals surface area (Å²) in [5, 5.41) is 4.73. The van der Waals surface area contributed by atoms with Crippen molar-refractivity contribution in [3.8, 4) is 0 Å². The molecule has 0 spiro atoms. The van der Waals surface area contributed by atoms with Gasteiger partial charge in [0.05, 0.1) is 0 Å². The minimum absolute atomic E-state index is 0.0641. The summed E-state index contributed by atoms with van der Waals surface area (Å²) in [6.07, 6.45) is 1.27. The Balaban J connectivity index is 1.83. The number of urea groups is 1. The maximum atomic E-state index is 12.2. The lowest BCUT2D eigenvalue weighted by molar-refractivity contribution is 0.174. The van der Waals surface area contributed by atoms with Crippen LogP contribution in [0.25, 0.3) is 0 Å². The van der Waals surface area contributed by atoms with E-state index in [2.05, 4.69) is 23.9 Å². The molecule has 1 unspecified atom stereocenters. The van der Waals surface area contributed by atoms with Gasteiger partial charge in [-0.3, -0.25) is 0 Å². The van der Waals surface area contributed by atoms with Crippen LogP contribution in [-0.2, 0) is 10.0 Å². The zero-order valence-corrected chi connectivity index (χ0v) is 15.4. The summed E-state index contributed by atoms with van der Waals surface area (Å²) in [4.78, 5) is 13.9. The third kappa shape index (κ3) is 4.92. The molecule has 1 aromatic rings. The fourth-order valence-electron chi connectivity index (χ4n) is 2.35. The molecular formula is C15H25N3O3S2. The first-order chi connectivity index (χ1) is 10.8. The van der Waals surface area contributed by atoms with Crippen molar-refractivity contribution in [3.63, 3.8) is 0 Å². The summed E-state index contributed by atoms with van der Waals surface area (Å²) in [5.74, 6) is 0.383. The molecule has 6 nitrogen and oxygen atoms in total. The van der Waals surface area contributed by atoms with Crippen molar-refractivity contribution >= 4 is 27.4 Å². The lowest BCUT2D eigenvalue weighted by Crippen LogP contribution is -2.51. The molecule has 1 saturated heterocycles. The Bertz CT molecular complexity index is 606. The average molecular weight is 360 g/mol. The van der Waals surface area contributed by atoms with E-state index in [0.29, 0.717) is 36.1 Å². The Morgan fingerprint density at radius 1 is 1.30 bits per heavy atom. The van der Waals surface area contributed by atoms with Crippen molar-refractivity contribution in [1.29, 1.82) is 0 Å². The van der Waals surface area contributed by atoms with Gasteiger partial charge in [0.25, 0.3) is 0 Å². The van der Waals surface area contributed by atoms with Gasteiger partial charge in [0.15, 0.2) is 0 Å². The van der Waals surface area contributed by atoms with Crippen LogP contribution in [0.3, 0.4) is 0 Å². The van der Waals surface area contributed by atoms with E-state index in [1.807, 2.05) is 6.92 Å². The number of sulfonamides is 1. The number of likely N-dealkylation sites (tertiary alicyclic amines) is 1. The number of hydrogen-bond donors (Lipinski definition) is 2. The first-order valence-electron chi connectivity index (χ1n) is 7.91. The monoisotopic (exact) mass is 359 g/mol. The highest BCUT2D eigenvalue weighted by atomic mass is 32.2. The van der Waals surface area contributed by atoms with E-state index in [1.54, 1.807) is 22.4 Å². The first-order valence-corrected chi connectivity index (χ1v) is 10.3. The smallest absolute Gasteiger partial charge is 0.317 e. The number of thiophene rings is 1. The van der Waals surface area contributed by atoms with Crippen LogP contribution in [-0.4, -0.2) is 44.5 Å². The zero-order valence-electron chi connectivity index (χ0n) is 13.8. The van der Waals surface area contributed by atoms with Crippen molar-refractivity contribution in [2.75, 3.05) is 13.1 Å². The Hall–Kier alpha value is -1.12. The summed E-state index contributed by atoms with van der Waals surface area (Å²) in [6.45, 7) is 7.25. The quantitative estimate of drug-likeness (QED) is 0.846. The van der Waals surface area contributed by atoms with E-state index in [0.717, 1.165) is 0 Å². The molecule has 2 heterocycles. The van der Waals surface area contributed by atoms with Gasteiger partial charge in [-0.05, 0) is 37.1 Å². The standard InChI is InChI=1S/C15H25N3O3S2/c1-11(2)12(3)16-15(19)18-8-6-13(7-9-18)17-23(20,21)14-5-4-10-22-14/h4-5,10-13,17H,6-9H2,1-3H3,(H,16,19). The second-order valence-electron chi connectivity index (χ2n) is 6.30. The molecular weight excluding hydrogens is 334 g/mol. The summed E-state index contributed by atoms with van der Waals surface area (Å²) < 4.78 is 27.5. The SMILES string of the molecule is CC(C)C(C)NC(=O)N1CCC(NS(=O)(=O)c2cccs2)CC1. The molecule has 1 atom stereocenters. The van der Waals surface area contributed by atoms with Crippen molar-refractivity contribution in [1.82, 2.24) is 14.9 Å². The lowest BCUT2D eigenvalue weighted by Gasteiger charge is -2.33. The molecule has 130 valence electrons. The Morgan fingerprint density at radius 3 is 2.48 bits per heavy atom. The summed E-state index contributed by atoms with van der Waals surface area (Å²) in [6, 6.07) is 3.27. The second-order valence-corrected chi connectivity index (χ2v) is 9.19. The van der Waals surface area contributed by atoms with Crippen LogP contribution in [0.5, 0.6) is 0 Å². The van der Waals surface area contributed by atoms with Crippen LogP contribution >= 0.6 is 11.3 Å². The largest absolute Gasteiger partial charge is 0.335 e. The Labute approximate surface area is 142 Å². The molecule has 0 aliphatic carbocycles. The van der Waals surface area contributed by atoms with Gasteiger partial charge in [0.1, 0.15) is 4.21 Å². The van der Waals surface area contributed by atoms with Crippen LogP contribution in [0.15, 0.2) is 21.7 Å². The van der Waals surface area contributed by atoms with E-state index in [4.69, 9.17) is 0 Å². The van der Waals surface area contributed by atoms with Crippen LogP contribution in [0.4, 0.5) is 4.79 Å². The molecule has 0 aromatic carbocycles. The zero-order chi connectivity index (χ0) is 17.0. The number of carbonyl (C=O) groups excluding carboxylic acids is 1. The highest BCUT2D eigenvalue weighted by molar-refractivity contribution is 7.91. The number of rotatable bonds is 5. The highest BCUT2D eigenvalue weighted by Gasteiger charge is 2.27. The van der Waals surface area contributed by atoms with Crippen molar-refractivity contribution in [2.45, 2.75) is 49.9 Å². The molecule has 2 amide bonds. The van der Waals surface area contributed by atoms with Gasteiger partial charge in [0, 0.05) is 25.2 Å². The van der Waals surface area contributed by atoms with Crippen LogP contribution in [0, 0.1) is 5.92 Å². The van der Waals surface area contributed by atoms with Gasteiger partial charge in [-0.1, -0.05) is 19.9 Å². The summed E-state index contributed by atoms with van der Waals surface area (Å²) in [7, 11) is -3.44. The van der Waals surface area contributed by atoms with Crippen LogP contribution in [0.1, 0.15) is 33.6 Å². The maximum Gasteiger partial charge on any atom is 0.317 e. The van der Waals surface area contributed by atoms with Gasteiger partial charge < -0.3 is 10.2 Å². The molecule has 2 rings (SSSR count). The molecule has 2 N–H and O–H groups in total.